The quantitative estimate of drug-likeness (QED) is 0.822. The monoisotopic (exact) mass is 243 g/mol. The van der Waals surface area contributed by atoms with Crippen LogP contribution in [0.3, 0.4) is 0 Å². The third-order valence-electron chi connectivity index (χ3n) is 3.55. The van der Waals surface area contributed by atoms with E-state index in [0.717, 1.165) is 24.7 Å². The van der Waals surface area contributed by atoms with Crippen molar-refractivity contribution in [3.63, 3.8) is 0 Å². The summed E-state index contributed by atoms with van der Waals surface area (Å²) in [5, 5.41) is 0. The average molecular weight is 243 g/mol. The maximum atomic E-state index is 4.40. The molecule has 0 N–H and O–H groups in total. The first kappa shape index (κ1) is 11.2. The summed E-state index contributed by atoms with van der Waals surface area (Å²) in [6.07, 6.45) is 11.6. The van der Waals surface area contributed by atoms with Crippen LogP contribution >= 0.6 is 0 Å². The Morgan fingerprint density at radius 3 is 2.94 bits per heavy atom. The second kappa shape index (κ2) is 4.76. The molecule has 0 bridgehead atoms. The van der Waals surface area contributed by atoms with E-state index in [4.69, 9.17) is 0 Å². The van der Waals surface area contributed by atoms with Crippen molar-refractivity contribution in [2.24, 2.45) is 0 Å². The summed E-state index contributed by atoms with van der Waals surface area (Å²) in [6.45, 7) is 4.08. The van der Waals surface area contributed by atoms with Gasteiger partial charge in [0.1, 0.15) is 11.6 Å². The van der Waals surface area contributed by atoms with E-state index in [-0.39, 0.29) is 0 Å². The SMILES string of the molecule is Cc1nccn1CC1CCCN1c1cnccn1. The molecule has 5 heteroatoms. The Kier molecular flexibility index (Phi) is 2.96. The molecule has 1 aliphatic rings. The predicted molar refractivity (Wildman–Crippen MR) is 69.4 cm³/mol. The smallest absolute Gasteiger partial charge is 0.147 e. The summed E-state index contributed by atoms with van der Waals surface area (Å²) in [5.41, 5.74) is 0. The van der Waals surface area contributed by atoms with Crippen LogP contribution in [0.5, 0.6) is 0 Å². The van der Waals surface area contributed by atoms with Crippen LogP contribution in [0.25, 0.3) is 0 Å². The van der Waals surface area contributed by atoms with Crippen LogP contribution < -0.4 is 4.90 Å². The van der Waals surface area contributed by atoms with Crippen LogP contribution in [0.15, 0.2) is 31.0 Å². The van der Waals surface area contributed by atoms with E-state index >= 15 is 0 Å². The number of anilines is 1. The molecule has 1 aliphatic heterocycles. The van der Waals surface area contributed by atoms with Gasteiger partial charge in [-0.3, -0.25) is 4.98 Å². The first-order chi connectivity index (χ1) is 8.84. The molecule has 0 spiro atoms. The molecule has 3 rings (SSSR count). The van der Waals surface area contributed by atoms with Gasteiger partial charge in [-0.1, -0.05) is 0 Å². The molecule has 1 saturated heterocycles. The van der Waals surface area contributed by atoms with E-state index < -0.39 is 0 Å². The molecular formula is C13H17N5. The summed E-state index contributed by atoms with van der Waals surface area (Å²) in [6, 6.07) is 0.495. The van der Waals surface area contributed by atoms with E-state index in [9.17, 15) is 0 Å². The second-order valence-corrected chi connectivity index (χ2v) is 4.68. The van der Waals surface area contributed by atoms with Crippen molar-refractivity contribution in [3.05, 3.63) is 36.8 Å². The topological polar surface area (TPSA) is 46.8 Å². The van der Waals surface area contributed by atoms with Gasteiger partial charge in [-0.25, -0.2) is 9.97 Å². The lowest BCUT2D eigenvalue weighted by Crippen LogP contribution is -2.33. The van der Waals surface area contributed by atoms with Crippen LogP contribution in [0.4, 0.5) is 5.82 Å². The highest BCUT2D eigenvalue weighted by atomic mass is 15.3. The predicted octanol–water partition coefficient (Wildman–Crippen LogP) is 1.65. The summed E-state index contributed by atoms with van der Waals surface area (Å²) in [5.74, 6) is 2.05. The molecule has 1 unspecified atom stereocenters. The van der Waals surface area contributed by atoms with Gasteiger partial charge in [0.15, 0.2) is 0 Å². The zero-order valence-electron chi connectivity index (χ0n) is 10.5. The minimum atomic E-state index is 0.495. The van der Waals surface area contributed by atoms with Crippen molar-refractivity contribution in [1.29, 1.82) is 0 Å². The van der Waals surface area contributed by atoms with E-state index in [2.05, 4.69) is 24.4 Å². The molecule has 2 aromatic heterocycles. The molecule has 0 radical (unpaired) electrons. The summed E-state index contributed by atoms with van der Waals surface area (Å²) in [4.78, 5) is 15.2. The maximum Gasteiger partial charge on any atom is 0.147 e. The lowest BCUT2D eigenvalue weighted by molar-refractivity contribution is 0.538. The molecule has 0 saturated carbocycles. The number of aromatic nitrogens is 4. The number of nitrogens with zero attached hydrogens (tertiary/aromatic N) is 5. The van der Waals surface area contributed by atoms with E-state index in [1.807, 2.05) is 25.5 Å². The van der Waals surface area contributed by atoms with Gasteiger partial charge in [-0.05, 0) is 19.8 Å². The summed E-state index contributed by atoms with van der Waals surface area (Å²) >= 11 is 0. The molecule has 1 atom stereocenters. The minimum absolute atomic E-state index is 0.495. The Balaban J connectivity index is 1.78. The number of hydrogen-bond donors (Lipinski definition) is 0. The summed E-state index contributed by atoms with van der Waals surface area (Å²) in [7, 11) is 0. The van der Waals surface area contributed by atoms with Crippen LogP contribution in [0.1, 0.15) is 18.7 Å². The first-order valence-corrected chi connectivity index (χ1v) is 6.35. The van der Waals surface area contributed by atoms with Gasteiger partial charge in [0.25, 0.3) is 0 Å². The number of rotatable bonds is 3. The highest BCUT2D eigenvalue weighted by Gasteiger charge is 2.26. The van der Waals surface area contributed by atoms with Crippen molar-refractivity contribution in [3.8, 4) is 0 Å². The van der Waals surface area contributed by atoms with Gasteiger partial charge in [-0.15, -0.1) is 0 Å². The first-order valence-electron chi connectivity index (χ1n) is 6.35. The van der Waals surface area contributed by atoms with Gasteiger partial charge >= 0.3 is 0 Å². The Labute approximate surface area is 107 Å². The van der Waals surface area contributed by atoms with Crippen molar-refractivity contribution in [2.75, 3.05) is 11.4 Å². The molecule has 1 fully saturated rings. The fourth-order valence-electron chi connectivity index (χ4n) is 2.59. The third kappa shape index (κ3) is 2.08. The molecule has 0 amide bonds. The zero-order valence-corrected chi connectivity index (χ0v) is 10.5. The van der Waals surface area contributed by atoms with Gasteiger partial charge in [-0.2, -0.15) is 0 Å². The van der Waals surface area contributed by atoms with Crippen molar-refractivity contribution < 1.29 is 0 Å². The van der Waals surface area contributed by atoms with Gasteiger partial charge in [0.2, 0.25) is 0 Å². The molecule has 2 aromatic rings. The number of aryl methyl sites for hydroxylation is 1. The van der Waals surface area contributed by atoms with Crippen molar-refractivity contribution >= 4 is 5.82 Å². The Morgan fingerprint density at radius 2 is 2.22 bits per heavy atom. The lowest BCUT2D eigenvalue weighted by atomic mass is 10.2. The Morgan fingerprint density at radius 1 is 1.28 bits per heavy atom. The van der Waals surface area contributed by atoms with Crippen LogP contribution in [-0.2, 0) is 6.54 Å². The Hall–Kier alpha value is -1.91. The van der Waals surface area contributed by atoms with Crippen molar-refractivity contribution in [1.82, 2.24) is 19.5 Å². The van der Waals surface area contributed by atoms with E-state index in [0.29, 0.717) is 6.04 Å². The van der Waals surface area contributed by atoms with Crippen LogP contribution in [0.2, 0.25) is 0 Å². The number of imidazole rings is 1. The third-order valence-corrected chi connectivity index (χ3v) is 3.55. The second-order valence-electron chi connectivity index (χ2n) is 4.68. The summed E-state index contributed by atoms with van der Waals surface area (Å²) < 4.78 is 2.21. The van der Waals surface area contributed by atoms with Gasteiger partial charge in [0, 0.05) is 43.9 Å². The van der Waals surface area contributed by atoms with Crippen LogP contribution in [-0.4, -0.2) is 32.1 Å². The molecule has 18 heavy (non-hydrogen) atoms. The van der Waals surface area contributed by atoms with Crippen LogP contribution in [0, 0.1) is 6.92 Å². The standard InChI is InChI=1S/C13H17N5/c1-11-15-6-8-17(11)10-12-3-2-7-18(12)13-9-14-4-5-16-13/h4-6,8-9,12H,2-3,7,10H2,1H3. The molecule has 0 aromatic carbocycles. The van der Waals surface area contributed by atoms with E-state index in [1.54, 1.807) is 12.4 Å². The molecule has 0 aliphatic carbocycles. The lowest BCUT2D eigenvalue weighted by Gasteiger charge is -2.25. The van der Waals surface area contributed by atoms with Gasteiger partial charge < -0.3 is 9.47 Å². The number of hydrogen-bond acceptors (Lipinski definition) is 4. The molecule has 94 valence electrons. The molecule has 3 heterocycles. The van der Waals surface area contributed by atoms with Crippen molar-refractivity contribution in [2.45, 2.75) is 32.4 Å². The average Bonchev–Trinajstić information content (AvgIpc) is 3.01. The Bertz CT molecular complexity index is 507. The normalized spacial score (nSPS) is 19.4. The largest absolute Gasteiger partial charge is 0.351 e. The maximum absolute atomic E-state index is 4.40. The van der Waals surface area contributed by atoms with Gasteiger partial charge in [0.05, 0.1) is 6.20 Å². The molecule has 5 nitrogen and oxygen atoms in total. The minimum Gasteiger partial charge on any atom is -0.351 e. The zero-order chi connectivity index (χ0) is 12.4. The highest BCUT2D eigenvalue weighted by molar-refractivity contribution is 5.38. The fourth-order valence-corrected chi connectivity index (χ4v) is 2.59. The van der Waals surface area contributed by atoms with E-state index in [1.165, 1.54) is 12.8 Å². The fraction of sp³-hybridized carbons (Fsp3) is 0.462. The molecular weight excluding hydrogens is 226 g/mol. The highest BCUT2D eigenvalue weighted by Crippen LogP contribution is 2.24.